The lowest BCUT2D eigenvalue weighted by atomic mass is 9.87. The molecule has 132 valence electrons. The van der Waals surface area contributed by atoms with Gasteiger partial charge in [0.1, 0.15) is 5.52 Å². The molecule has 1 N–H and O–H groups in total. The van der Waals surface area contributed by atoms with Gasteiger partial charge in [0, 0.05) is 5.54 Å². The molecular formula is C20H31N3O. The minimum Gasteiger partial charge on any atom is -0.434 e. The topological polar surface area (TPSA) is 50.4 Å². The second-order valence-corrected chi connectivity index (χ2v) is 9.46. The van der Waals surface area contributed by atoms with Crippen LogP contribution in [0.4, 0.5) is 5.82 Å². The van der Waals surface area contributed by atoms with Crippen LogP contribution in [0, 0.1) is 0 Å². The fourth-order valence-electron chi connectivity index (χ4n) is 2.30. The molecular weight excluding hydrogens is 298 g/mol. The second-order valence-electron chi connectivity index (χ2n) is 9.46. The predicted molar refractivity (Wildman–Crippen MR) is 101 cm³/mol. The lowest BCUT2D eigenvalue weighted by molar-refractivity contribution is 0.472. The van der Waals surface area contributed by atoms with Crippen LogP contribution in [0.5, 0.6) is 0 Å². The molecule has 4 nitrogen and oxygen atoms in total. The molecule has 0 atom stereocenters. The summed E-state index contributed by atoms with van der Waals surface area (Å²) in [4.78, 5) is 9.53. The molecule has 0 saturated heterocycles. The Morgan fingerprint density at radius 1 is 0.958 bits per heavy atom. The minimum atomic E-state index is -0.238. The summed E-state index contributed by atoms with van der Waals surface area (Å²) in [5.74, 6) is 0.691. The van der Waals surface area contributed by atoms with E-state index in [0.717, 1.165) is 11.1 Å². The molecule has 2 rings (SSSR count). The summed E-state index contributed by atoms with van der Waals surface area (Å²) in [5.41, 5.74) is 3.10. The normalized spacial score (nSPS) is 14.3. The van der Waals surface area contributed by atoms with E-state index in [9.17, 15) is 0 Å². The molecule has 1 aromatic carbocycles. The summed E-state index contributed by atoms with van der Waals surface area (Å²) >= 11 is 0. The van der Waals surface area contributed by atoms with Gasteiger partial charge in [0.15, 0.2) is 11.4 Å². The van der Waals surface area contributed by atoms with E-state index in [-0.39, 0.29) is 16.5 Å². The summed E-state index contributed by atoms with van der Waals surface area (Å²) in [6, 6.07) is 6.20. The molecule has 0 saturated carbocycles. The number of fused-ring (bicyclic) bond motifs is 1. The first-order chi connectivity index (χ1) is 10.7. The second kappa shape index (κ2) is 5.91. The first kappa shape index (κ1) is 18.5. The highest BCUT2D eigenvalue weighted by atomic mass is 16.3. The highest BCUT2D eigenvalue weighted by Gasteiger charge is 2.18. The minimum absolute atomic E-state index is 0.0714. The third-order valence-electron chi connectivity index (χ3n) is 3.40. The van der Waals surface area contributed by atoms with E-state index >= 15 is 0 Å². The fraction of sp³-hybridized carbons (Fsp3) is 0.600. The Kier molecular flexibility index (Phi) is 4.55. The number of rotatable bonds is 1. The van der Waals surface area contributed by atoms with Gasteiger partial charge in [-0.25, -0.2) is 9.98 Å². The van der Waals surface area contributed by atoms with E-state index in [4.69, 9.17) is 14.4 Å². The molecule has 1 heterocycles. The van der Waals surface area contributed by atoms with E-state index in [1.807, 2.05) is 6.07 Å². The van der Waals surface area contributed by atoms with Crippen LogP contribution < -0.4 is 10.9 Å². The van der Waals surface area contributed by atoms with Crippen molar-refractivity contribution in [3.8, 4) is 0 Å². The van der Waals surface area contributed by atoms with Crippen LogP contribution in [0.1, 0.15) is 67.9 Å². The molecule has 4 heteroatoms. The maximum Gasteiger partial charge on any atom is 0.258 e. The predicted octanol–water partition coefficient (Wildman–Crippen LogP) is 5.03. The maximum atomic E-state index is 6.09. The van der Waals surface area contributed by atoms with E-state index < -0.39 is 0 Å². The molecule has 0 fully saturated rings. The molecule has 1 aromatic heterocycles. The SMILES string of the molecule is CC(C)(C)N=c1oc2ccc(C(C)(C)C)cc2nc1NC(C)(C)C. The van der Waals surface area contributed by atoms with Crippen LogP contribution in [0.2, 0.25) is 0 Å². The van der Waals surface area contributed by atoms with Gasteiger partial charge >= 0.3 is 0 Å². The number of hydrogen-bond donors (Lipinski definition) is 1. The summed E-state index contributed by atoms with van der Waals surface area (Å²) in [5, 5.41) is 3.42. The van der Waals surface area contributed by atoms with Crippen LogP contribution in [-0.4, -0.2) is 16.1 Å². The van der Waals surface area contributed by atoms with Gasteiger partial charge in [0.05, 0.1) is 5.54 Å². The van der Waals surface area contributed by atoms with Gasteiger partial charge in [0.25, 0.3) is 5.55 Å². The van der Waals surface area contributed by atoms with Crippen molar-refractivity contribution in [2.75, 3.05) is 5.32 Å². The largest absolute Gasteiger partial charge is 0.434 e. The Labute approximate surface area is 145 Å². The van der Waals surface area contributed by atoms with Crippen molar-refractivity contribution in [1.29, 1.82) is 0 Å². The summed E-state index contributed by atoms with van der Waals surface area (Å²) in [6.45, 7) is 19.1. The van der Waals surface area contributed by atoms with Gasteiger partial charge in [0.2, 0.25) is 0 Å². The highest BCUT2D eigenvalue weighted by Crippen LogP contribution is 2.25. The molecule has 0 aliphatic carbocycles. The zero-order valence-electron chi connectivity index (χ0n) is 16.5. The van der Waals surface area contributed by atoms with Crippen molar-refractivity contribution in [1.82, 2.24) is 4.98 Å². The van der Waals surface area contributed by atoms with Gasteiger partial charge in [-0.15, -0.1) is 0 Å². The third kappa shape index (κ3) is 4.83. The van der Waals surface area contributed by atoms with E-state index in [0.29, 0.717) is 11.4 Å². The van der Waals surface area contributed by atoms with Crippen molar-refractivity contribution in [3.63, 3.8) is 0 Å². The van der Waals surface area contributed by atoms with Crippen LogP contribution in [0.15, 0.2) is 27.6 Å². The molecule has 0 spiro atoms. The van der Waals surface area contributed by atoms with E-state index in [2.05, 4.69) is 79.8 Å². The average Bonchev–Trinajstić information content (AvgIpc) is 2.34. The molecule has 0 unspecified atom stereocenters. The number of anilines is 1. The molecule has 0 aliphatic heterocycles. The van der Waals surface area contributed by atoms with Gasteiger partial charge in [-0.05, 0) is 64.7 Å². The number of nitrogens with one attached hydrogen (secondary N) is 1. The molecule has 0 aliphatic rings. The Morgan fingerprint density at radius 3 is 2.08 bits per heavy atom. The Balaban J connectivity index is 2.72. The molecule has 2 aromatic rings. The third-order valence-corrected chi connectivity index (χ3v) is 3.40. The Hall–Kier alpha value is -1.84. The first-order valence-electron chi connectivity index (χ1n) is 8.54. The quantitative estimate of drug-likeness (QED) is 0.798. The summed E-state index contributed by atoms with van der Waals surface area (Å²) in [7, 11) is 0. The number of benzene rings is 1. The van der Waals surface area contributed by atoms with Crippen LogP contribution in [-0.2, 0) is 5.41 Å². The lowest BCUT2D eigenvalue weighted by Gasteiger charge is -2.22. The van der Waals surface area contributed by atoms with Crippen molar-refractivity contribution in [2.45, 2.75) is 78.8 Å². The summed E-state index contributed by atoms with van der Waals surface area (Å²) < 4.78 is 6.09. The van der Waals surface area contributed by atoms with Crippen LogP contribution >= 0.6 is 0 Å². The zero-order valence-corrected chi connectivity index (χ0v) is 16.5. The van der Waals surface area contributed by atoms with Gasteiger partial charge in [-0.1, -0.05) is 26.8 Å². The van der Waals surface area contributed by atoms with Crippen molar-refractivity contribution in [2.24, 2.45) is 4.99 Å². The molecule has 0 bridgehead atoms. The van der Waals surface area contributed by atoms with Crippen molar-refractivity contribution < 1.29 is 4.42 Å². The standard InChI is InChI=1S/C20H31N3O/c1-18(2,3)13-10-11-15-14(12-13)21-16(22-19(4,5)6)17(24-15)23-20(7,8)9/h10-12H,1-9H3,(H,21,22). The van der Waals surface area contributed by atoms with Crippen molar-refractivity contribution in [3.05, 3.63) is 29.3 Å². The Morgan fingerprint density at radius 2 is 1.58 bits per heavy atom. The first-order valence-corrected chi connectivity index (χ1v) is 8.54. The molecule has 0 amide bonds. The van der Waals surface area contributed by atoms with E-state index in [1.165, 1.54) is 5.56 Å². The number of aromatic nitrogens is 1. The van der Waals surface area contributed by atoms with Gasteiger partial charge < -0.3 is 9.73 Å². The van der Waals surface area contributed by atoms with Crippen LogP contribution in [0.3, 0.4) is 0 Å². The number of nitrogens with zero attached hydrogens (tertiary/aromatic N) is 2. The Bertz CT molecular complexity index is 797. The fourth-order valence-corrected chi connectivity index (χ4v) is 2.30. The maximum absolute atomic E-state index is 6.09. The smallest absolute Gasteiger partial charge is 0.258 e. The zero-order chi connectivity index (χ0) is 18.3. The average molecular weight is 329 g/mol. The monoisotopic (exact) mass is 329 g/mol. The van der Waals surface area contributed by atoms with Crippen LogP contribution in [0.25, 0.3) is 11.1 Å². The van der Waals surface area contributed by atoms with E-state index in [1.54, 1.807) is 0 Å². The summed E-state index contributed by atoms with van der Waals surface area (Å²) in [6.07, 6.45) is 0. The number of hydrogen-bond acceptors (Lipinski definition) is 4. The molecule has 0 radical (unpaired) electrons. The lowest BCUT2D eigenvalue weighted by Crippen LogP contribution is -2.31. The van der Waals surface area contributed by atoms with Gasteiger partial charge in [-0.2, -0.15) is 0 Å². The van der Waals surface area contributed by atoms with Crippen molar-refractivity contribution >= 4 is 16.9 Å². The highest BCUT2D eigenvalue weighted by molar-refractivity contribution is 5.74. The van der Waals surface area contributed by atoms with Gasteiger partial charge in [-0.3, -0.25) is 0 Å². The molecule has 24 heavy (non-hydrogen) atoms.